The van der Waals surface area contributed by atoms with E-state index in [1.165, 1.54) is 6.42 Å². The van der Waals surface area contributed by atoms with Crippen LogP contribution in [0.2, 0.25) is 0 Å². The largest absolute Gasteiger partial charge is 0.329 e. The van der Waals surface area contributed by atoms with Gasteiger partial charge in [0, 0.05) is 19.1 Å². The number of likely N-dealkylation sites (N-methyl/N-ethyl adjacent to an activating group) is 1. The van der Waals surface area contributed by atoms with Gasteiger partial charge in [-0.15, -0.1) is 0 Å². The highest BCUT2D eigenvalue weighted by Crippen LogP contribution is 2.37. The minimum Gasteiger partial charge on any atom is -0.329 e. The van der Waals surface area contributed by atoms with E-state index in [0.29, 0.717) is 6.54 Å². The minimum atomic E-state index is -3.16. The van der Waals surface area contributed by atoms with E-state index in [4.69, 9.17) is 5.73 Å². The number of nitrogens with zero attached hydrogens (tertiary/aromatic N) is 1. The van der Waals surface area contributed by atoms with Gasteiger partial charge in [0.1, 0.15) is 0 Å². The van der Waals surface area contributed by atoms with Crippen LogP contribution < -0.4 is 5.73 Å². The lowest BCUT2D eigenvalue weighted by molar-refractivity contribution is 0.158. The summed E-state index contributed by atoms with van der Waals surface area (Å²) >= 11 is 0. The van der Waals surface area contributed by atoms with Crippen molar-refractivity contribution in [2.75, 3.05) is 13.6 Å². The van der Waals surface area contributed by atoms with Crippen molar-refractivity contribution in [1.29, 1.82) is 0 Å². The van der Waals surface area contributed by atoms with E-state index in [2.05, 4.69) is 0 Å². The maximum atomic E-state index is 12.7. The van der Waals surface area contributed by atoms with Crippen molar-refractivity contribution >= 4 is 10.0 Å². The summed E-state index contributed by atoms with van der Waals surface area (Å²) in [5.74, 6) is 0. The number of sulfonamides is 1. The molecule has 0 aliphatic heterocycles. The number of rotatable bonds is 4. The Hall–Kier alpha value is -0.130. The molecule has 4 nitrogen and oxygen atoms in total. The van der Waals surface area contributed by atoms with Gasteiger partial charge in [-0.05, 0) is 25.7 Å². The van der Waals surface area contributed by atoms with Gasteiger partial charge in [-0.3, -0.25) is 0 Å². The van der Waals surface area contributed by atoms with E-state index in [1.54, 1.807) is 11.4 Å². The third kappa shape index (κ3) is 2.45. The zero-order valence-corrected chi connectivity index (χ0v) is 12.2. The Morgan fingerprint density at radius 2 is 1.67 bits per heavy atom. The summed E-state index contributed by atoms with van der Waals surface area (Å²) in [6, 6.07) is 0. The maximum Gasteiger partial charge on any atom is 0.217 e. The molecule has 2 saturated carbocycles. The Morgan fingerprint density at radius 1 is 1.11 bits per heavy atom. The summed E-state index contributed by atoms with van der Waals surface area (Å²) in [5, 5.41) is -0.159. The lowest BCUT2D eigenvalue weighted by Crippen LogP contribution is -2.57. The second-order valence-corrected chi connectivity index (χ2v) is 8.15. The maximum absolute atomic E-state index is 12.7. The van der Waals surface area contributed by atoms with Crippen LogP contribution in [0.1, 0.15) is 57.8 Å². The monoisotopic (exact) mass is 274 g/mol. The zero-order valence-electron chi connectivity index (χ0n) is 11.4. The predicted molar refractivity (Wildman–Crippen MR) is 73.8 cm³/mol. The lowest BCUT2D eigenvalue weighted by atomic mass is 9.82. The van der Waals surface area contributed by atoms with Crippen molar-refractivity contribution in [1.82, 2.24) is 4.31 Å². The van der Waals surface area contributed by atoms with Crippen molar-refractivity contribution in [2.24, 2.45) is 5.73 Å². The standard InChI is InChI=1S/C13H26N2O2S/c1-15(13(11-14)9-5-2-6-10-13)18(16,17)12-7-3-4-8-12/h12H,2-11,14H2,1H3. The predicted octanol–water partition coefficient (Wildman–Crippen LogP) is 1.85. The zero-order chi connectivity index (χ0) is 13.2. The average Bonchev–Trinajstić information content (AvgIpc) is 2.93. The molecule has 0 spiro atoms. The first kappa shape index (κ1) is 14.3. The summed E-state index contributed by atoms with van der Waals surface area (Å²) in [7, 11) is -1.40. The SMILES string of the molecule is CN(C1(CN)CCCCC1)S(=O)(=O)C1CCCC1. The second kappa shape index (κ2) is 5.47. The summed E-state index contributed by atoms with van der Waals surface area (Å²) < 4.78 is 27.0. The molecule has 0 aromatic carbocycles. The Labute approximate surface area is 111 Å². The summed E-state index contributed by atoms with van der Waals surface area (Å²) in [4.78, 5) is 0. The van der Waals surface area contributed by atoms with E-state index in [0.717, 1.165) is 51.4 Å². The molecule has 0 saturated heterocycles. The molecule has 2 fully saturated rings. The highest BCUT2D eigenvalue weighted by molar-refractivity contribution is 7.89. The van der Waals surface area contributed by atoms with Crippen molar-refractivity contribution < 1.29 is 8.42 Å². The van der Waals surface area contributed by atoms with Gasteiger partial charge in [0.2, 0.25) is 10.0 Å². The van der Waals surface area contributed by atoms with Crippen LogP contribution in [0.25, 0.3) is 0 Å². The normalized spacial score (nSPS) is 25.7. The first-order chi connectivity index (χ1) is 8.53. The van der Waals surface area contributed by atoms with Crippen LogP contribution >= 0.6 is 0 Å². The number of hydrogen-bond donors (Lipinski definition) is 1. The van der Waals surface area contributed by atoms with E-state index in [-0.39, 0.29) is 10.8 Å². The molecule has 2 rings (SSSR count). The third-order valence-electron chi connectivity index (χ3n) is 4.94. The fourth-order valence-electron chi connectivity index (χ4n) is 3.54. The van der Waals surface area contributed by atoms with Crippen LogP contribution in [0.3, 0.4) is 0 Å². The molecule has 0 amide bonds. The Balaban J connectivity index is 2.19. The van der Waals surface area contributed by atoms with Gasteiger partial charge in [0.15, 0.2) is 0 Å². The highest BCUT2D eigenvalue weighted by Gasteiger charge is 2.44. The van der Waals surface area contributed by atoms with Crippen molar-refractivity contribution in [2.45, 2.75) is 68.6 Å². The van der Waals surface area contributed by atoms with Gasteiger partial charge in [-0.25, -0.2) is 8.42 Å². The number of nitrogens with two attached hydrogens (primary N) is 1. The van der Waals surface area contributed by atoms with Gasteiger partial charge in [-0.2, -0.15) is 4.31 Å². The summed E-state index contributed by atoms with van der Waals surface area (Å²) in [5.41, 5.74) is 5.62. The Bertz CT molecular complexity index is 368. The summed E-state index contributed by atoms with van der Waals surface area (Å²) in [6.07, 6.45) is 9.00. The molecule has 2 N–H and O–H groups in total. The van der Waals surface area contributed by atoms with E-state index < -0.39 is 10.0 Å². The van der Waals surface area contributed by atoms with Crippen LogP contribution in [0.4, 0.5) is 0 Å². The van der Waals surface area contributed by atoms with E-state index >= 15 is 0 Å². The molecule has 5 heteroatoms. The van der Waals surface area contributed by atoms with E-state index in [1.807, 2.05) is 0 Å². The lowest BCUT2D eigenvalue weighted by Gasteiger charge is -2.44. The third-order valence-corrected chi connectivity index (χ3v) is 7.40. The molecule has 0 heterocycles. The fourth-order valence-corrected chi connectivity index (χ4v) is 5.71. The summed E-state index contributed by atoms with van der Waals surface area (Å²) in [6.45, 7) is 0.454. The molecule has 0 aromatic heterocycles. The second-order valence-electron chi connectivity index (χ2n) is 5.91. The van der Waals surface area contributed by atoms with Gasteiger partial charge in [-0.1, -0.05) is 32.1 Å². The molecule has 106 valence electrons. The van der Waals surface area contributed by atoms with Crippen LogP contribution in [-0.4, -0.2) is 37.1 Å². The van der Waals surface area contributed by atoms with E-state index in [9.17, 15) is 8.42 Å². The van der Waals surface area contributed by atoms with Crippen molar-refractivity contribution in [3.8, 4) is 0 Å². The average molecular weight is 274 g/mol. The molecular formula is C13H26N2O2S. The van der Waals surface area contributed by atoms with Gasteiger partial charge < -0.3 is 5.73 Å². The molecule has 0 atom stereocenters. The molecule has 0 unspecified atom stereocenters. The van der Waals surface area contributed by atoms with Gasteiger partial charge in [0.05, 0.1) is 5.25 Å². The molecule has 2 aliphatic carbocycles. The van der Waals surface area contributed by atoms with Crippen LogP contribution in [0.15, 0.2) is 0 Å². The molecule has 18 heavy (non-hydrogen) atoms. The van der Waals surface area contributed by atoms with Gasteiger partial charge in [0.25, 0.3) is 0 Å². The molecule has 2 aliphatic rings. The first-order valence-electron chi connectivity index (χ1n) is 7.21. The number of hydrogen-bond acceptors (Lipinski definition) is 3. The Kier molecular flexibility index (Phi) is 4.34. The first-order valence-corrected chi connectivity index (χ1v) is 8.71. The van der Waals surface area contributed by atoms with Crippen molar-refractivity contribution in [3.63, 3.8) is 0 Å². The molecular weight excluding hydrogens is 248 g/mol. The fraction of sp³-hybridized carbons (Fsp3) is 1.00. The van der Waals surface area contributed by atoms with Crippen LogP contribution in [0, 0.1) is 0 Å². The minimum absolute atomic E-state index is 0.159. The quantitative estimate of drug-likeness (QED) is 0.851. The topological polar surface area (TPSA) is 63.4 Å². The molecule has 0 radical (unpaired) electrons. The van der Waals surface area contributed by atoms with Crippen LogP contribution in [0.5, 0.6) is 0 Å². The highest BCUT2D eigenvalue weighted by atomic mass is 32.2. The van der Waals surface area contributed by atoms with Crippen molar-refractivity contribution in [3.05, 3.63) is 0 Å². The molecule has 0 bridgehead atoms. The Morgan fingerprint density at radius 3 is 2.17 bits per heavy atom. The smallest absolute Gasteiger partial charge is 0.217 e. The molecule has 0 aromatic rings. The van der Waals surface area contributed by atoms with Gasteiger partial charge >= 0.3 is 0 Å². The van der Waals surface area contributed by atoms with Crippen LogP contribution in [-0.2, 0) is 10.0 Å².